The van der Waals surface area contributed by atoms with E-state index in [-0.39, 0.29) is 24.3 Å². The van der Waals surface area contributed by atoms with Gasteiger partial charge in [0.05, 0.1) is 17.9 Å². The van der Waals surface area contributed by atoms with Crippen LogP contribution in [0.5, 0.6) is 0 Å². The van der Waals surface area contributed by atoms with Crippen LogP contribution in [-0.2, 0) is 16.0 Å². The molecule has 1 unspecified atom stereocenters. The summed E-state index contributed by atoms with van der Waals surface area (Å²) in [5.74, 6) is -0.313. The molecule has 2 N–H and O–H groups in total. The predicted octanol–water partition coefficient (Wildman–Crippen LogP) is 2.31. The van der Waals surface area contributed by atoms with Gasteiger partial charge in [0.25, 0.3) is 0 Å². The number of hydrogen-bond donors (Lipinski definition) is 2. The molecule has 0 saturated heterocycles. The molecule has 1 aromatic carbocycles. The van der Waals surface area contributed by atoms with Crippen molar-refractivity contribution in [3.05, 3.63) is 47.3 Å². The van der Waals surface area contributed by atoms with Crippen molar-refractivity contribution in [1.82, 2.24) is 20.4 Å². The normalized spacial score (nSPS) is 11.8. The van der Waals surface area contributed by atoms with Gasteiger partial charge in [-0.25, -0.2) is 4.68 Å². The van der Waals surface area contributed by atoms with Crippen LogP contribution in [0.4, 0.5) is 0 Å². The van der Waals surface area contributed by atoms with Crippen LogP contribution in [0.1, 0.15) is 37.2 Å². The van der Waals surface area contributed by atoms with Gasteiger partial charge in [0.15, 0.2) is 0 Å². The van der Waals surface area contributed by atoms with E-state index in [2.05, 4.69) is 15.7 Å². The maximum atomic E-state index is 11.8. The number of nitrogens with one attached hydrogen (secondary N) is 2. The fourth-order valence-corrected chi connectivity index (χ4v) is 2.63. The first kappa shape index (κ1) is 19.7. The molecule has 0 spiro atoms. The van der Waals surface area contributed by atoms with E-state index in [0.717, 1.165) is 35.5 Å². The highest BCUT2D eigenvalue weighted by atomic mass is 16.2. The highest BCUT2D eigenvalue weighted by molar-refractivity contribution is 5.85. The van der Waals surface area contributed by atoms with Gasteiger partial charge in [-0.3, -0.25) is 9.59 Å². The summed E-state index contributed by atoms with van der Waals surface area (Å²) in [6, 6.07) is 10.2. The van der Waals surface area contributed by atoms with Crippen molar-refractivity contribution < 1.29 is 9.59 Å². The zero-order chi connectivity index (χ0) is 19.1. The molecule has 26 heavy (non-hydrogen) atoms. The van der Waals surface area contributed by atoms with Gasteiger partial charge in [0.1, 0.15) is 0 Å². The van der Waals surface area contributed by atoms with Crippen LogP contribution in [0.3, 0.4) is 0 Å². The van der Waals surface area contributed by atoms with Crippen LogP contribution in [0.15, 0.2) is 30.3 Å². The molecule has 2 rings (SSSR count). The van der Waals surface area contributed by atoms with Crippen LogP contribution >= 0.6 is 0 Å². The second-order valence-corrected chi connectivity index (χ2v) is 6.63. The average Bonchev–Trinajstić information content (AvgIpc) is 2.97. The number of carbonyl (C=O) groups is 2. The second kappa shape index (κ2) is 9.17. The topological polar surface area (TPSA) is 76.0 Å². The molecule has 0 bridgehead atoms. The Kier molecular flexibility index (Phi) is 6.95. The molecule has 0 aliphatic heterocycles. The minimum atomic E-state index is -0.166. The SMILES string of the molecule is CCC(C)C(=O)NCC(=O)NCCc1ccc(-n2nc(C)cc2C)cc1. The minimum Gasteiger partial charge on any atom is -0.354 e. The lowest BCUT2D eigenvalue weighted by Crippen LogP contribution is -2.39. The number of nitrogens with zero attached hydrogens (tertiary/aromatic N) is 2. The van der Waals surface area contributed by atoms with Crippen molar-refractivity contribution in [2.24, 2.45) is 5.92 Å². The van der Waals surface area contributed by atoms with E-state index in [9.17, 15) is 9.59 Å². The quantitative estimate of drug-likeness (QED) is 0.762. The lowest BCUT2D eigenvalue weighted by Gasteiger charge is -2.10. The number of aromatic nitrogens is 2. The van der Waals surface area contributed by atoms with Gasteiger partial charge in [-0.05, 0) is 50.5 Å². The van der Waals surface area contributed by atoms with Gasteiger partial charge in [-0.2, -0.15) is 5.10 Å². The van der Waals surface area contributed by atoms with Crippen molar-refractivity contribution >= 4 is 11.8 Å². The van der Waals surface area contributed by atoms with Crippen LogP contribution in [0.2, 0.25) is 0 Å². The molecule has 0 saturated carbocycles. The summed E-state index contributed by atoms with van der Waals surface area (Å²) in [5.41, 5.74) is 4.26. The first-order valence-corrected chi connectivity index (χ1v) is 9.07. The van der Waals surface area contributed by atoms with Gasteiger partial charge in [0, 0.05) is 18.2 Å². The lowest BCUT2D eigenvalue weighted by atomic mass is 10.1. The molecular formula is C20H28N4O2. The summed E-state index contributed by atoms with van der Waals surface area (Å²) in [6.07, 6.45) is 1.50. The van der Waals surface area contributed by atoms with Crippen molar-refractivity contribution in [1.29, 1.82) is 0 Å². The monoisotopic (exact) mass is 356 g/mol. The third-order valence-corrected chi connectivity index (χ3v) is 4.41. The Balaban J connectivity index is 1.77. The van der Waals surface area contributed by atoms with E-state index in [1.165, 1.54) is 0 Å². The molecule has 0 radical (unpaired) electrons. The minimum absolute atomic E-state index is 0.0278. The Morgan fingerprint density at radius 1 is 1.15 bits per heavy atom. The van der Waals surface area contributed by atoms with Crippen molar-refractivity contribution in [2.45, 2.75) is 40.5 Å². The summed E-state index contributed by atoms with van der Waals surface area (Å²) in [7, 11) is 0. The van der Waals surface area contributed by atoms with E-state index in [4.69, 9.17) is 0 Å². The third-order valence-electron chi connectivity index (χ3n) is 4.41. The second-order valence-electron chi connectivity index (χ2n) is 6.63. The third kappa shape index (κ3) is 5.44. The van der Waals surface area contributed by atoms with Crippen LogP contribution in [0, 0.1) is 19.8 Å². The predicted molar refractivity (Wildman–Crippen MR) is 102 cm³/mol. The molecule has 1 aromatic heterocycles. The van der Waals surface area contributed by atoms with Gasteiger partial charge in [0.2, 0.25) is 11.8 Å². The average molecular weight is 356 g/mol. The Morgan fingerprint density at radius 2 is 1.85 bits per heavy atom. The van der Waals surface area contributed by atoms with Crippen molar-refractivity contribution in [3.8, 4) is 5.69 Å². The standard InChI is InChI=1S/C20H28N4O2/c1-5-14(2)20(26)22-13-19(25)21-11-10-17-6-8-18(9-7-17)24-16(4)12-15(3)23-24/h6-9,12,14H,5,10-11,13H2,1-4H3,(H,21,25)(H,22,26). The molecule has 0 aliphatic carbocycles. The highest BCUT2D eigenvalue weighted by Crippen LogP contribution is 2.13. The molecule has 0 fully saturated rings. The molecule has 140 valence electrons. The molecule has 6 heteroatoms. The summed E-state index contributed by atoms with van der Waals surface area (Å²) >= 11 is 0. The van der Waals surface area contributed by atoms with E-state index >= 15 is 0 Å². The van der Waals surface area contributed by atoms with Gasteiger partial charge >= 0.3 is 0 Å². The van der Waals surface area contributed by atoms with Crippen molar-refractivity contribution in [3.63, 3.8) is 0 Å². The van der Waals surface area contributed by atoms with E-state index in [1.807, 2.05) is 62.7 Å². The number of hydrogen-bond acceptors (Lipinski definition) is 3. The largest absolute Gasteiger partial charge is 0.354 e. The van der Waals surface area contributed by atoms with Crippen molar-refractivity contribution in [2.75, 3.05) is 13.1 Å². The Hall–Kier alpha value is -2.63. The zero-order valence-corrected chi connectivity index (χ0v) is 16.0. The molecule has 2 amide bonds. The first-order valence-electron chi connectivity index (χ1n) is 9.07. The fourth-order valence-electron chi connectivity index (χ4n) is 2.63. The summed E-state index contributed by atoms with van der Waals surface area (Å²) in [6.45, 7) is 8.38. The zero-order valence-electron chi connectivity index (χ0n) is 16.0. The molecule has 1 atom stereocenters. The molecule has 2 aromatic rings. The number of benzene rings is 1. The Bertz CT molecular complexity index is 750. The highest BCUT2D eigenvalue weighted by Gasteiger charge is 2.11. The number of aryl methyl sites for hydroxylation is 2. The lowest BCUT2D eigenvalue weighted by molar-refractivity contribution is -0.128. The van der Waals surface area contributed by atoms with Gasteiger partial charge < -0.3 is 10.6 Å². The van der Waals surface area contributed by atoms with Crippen LogP contribution in [0.25, 0.3) is 5.69 Å². The maximum absolute atomic E-state index is 11.8. The van der Waals surface area contributed by atoms with E-state index in [1.54, 1.807) is 0 Å². The first-order chi connectivity index (χ1) is 12.4. The van der Waals surface area contributed by atoms with E-state index in [0.29, 0.717) is 6.54 Å². The molecule has 0 aliphatic rings. The maximum Gasteiger partial charge on any atom is 0.239 e. The Labute approximate surface area is 155 Å². The summed E-state index contributed by atoms with van der Waals surface area (Å²) in [4.78, 5) is 23.4. The summed E-state index contributed by atoms with van der Waals surface area (Å²) < 4.78 is 1.92. The molecule has 6 nitrogen and oxygen atoms in total. The fraction of sp³-hybridized carbons (Fsp3) is 0.450. The number of rotatable bonds is 8. The number of carbonyl (C=O) groups excluding carboxylic acids is 2. The van der Waals surface area contributed by atoms with Gasteiger partial charge in [-0.15, -0.1) is 0 Å². The smallest absolute Gasteiger partial charge is 0.239 e. The Morgan fingerprint density at radius 3 is 2.42 bits per heavy atom. The van der Waals surface area contributed by atoms with Gasteiger partial charge in [-0.1, -0.05) is 26.0 Å². The number of amides is 2. The van der Waals surface area contributed by atoms with Crippen LogP contribution < -0.4 is 10.6 Å². The molecular weight excluding hydrogens is 328 g/mol. The summed E-state index contributed by atoms with van der Waals surface area (Å²) in [5, 5.41) is 9.96. The molecule has 1 heterocycles. The van der Waals surface area contributed by atoms with E-state index < -0.39 is 0 Å². The van der Waals surface area contributed by atoms with Crippen LogP contribution in [-0.4, -0.2) is 34.7 Å².